The molecule has 1 rings (SSSR count). The Hall–Kier alpha value is -1.04. The quantitative estimate of drug-likeness (QED) is 0.759. The minimum Gasteiger partial charge on any atom is -0.330 e. The summed E-state index contributed by atoms with van der Waals surface area (Å²) >= 11 is 0. The van der Waals surface area contributed by atoms with E-state index in [2.05, 4.69) is 4.98 Å². The number of hydrogen-bond acceptors (Lipinski definition) is 2. The van der Waals surface area contributed by atoms with Crippen molar-refractivity contribution in [2.24, 2.45) is 12.8 Å². The van der Waals surface area contributed by atoms with E-state index in [1.165, 1.54) is 13.2 Å². The fourth-order valence-corrected chi connectivity index (χ4v) is 1.06. The number of nitrogens with two attached hydrogens (primary N) is 1. The van der Waals surface area contributed by atoms with Gasteiger partial charge in [0.15, 0.2) is 0 Å². The standard InChI is InChI=1S/C7H10F3N3/c1-13-4-5(2-3-11)12-6(13)7(8,9)10/h4H,2-3,11H2,1H3. The predicted molar refractivity (Wildman–Crippen MR) is 41.0 cm³/mol. The van der Waals surface area contributed by atoms with Crippen LogP contribution < -0.4 is 5.73 Å². The number of hydrogen-bond donors (Lipinski definition) is 1. The van der Waals surface area contributed by atoms with Crippen LogP contribution in [-0.4, -0.2) is 16.1 Å². The fraction of sp³-hybridized carbons (Fsp3) is 0.571. The molecule has 0 aliphatic carbocycles. The van der Waals surface area contributed by atoms with Gasteiger partial charge in [0.25, 0.3) is 0 Å². The molecule has 1 heterocycles. The lowest BCUT2D eigenvalue weighted by Gasteiger charge is -2.04. The lowest BCUT2D eigenvalue weighted by atomic mass is 10.3. The van der Waals surface area contributed by atoms with Gasteiger partial charge in [0.05, 0.1) is 5.69 Å². The average Bonchev–Trinajstić information content (AvgIpc) is 2.30. The van der Waals surface area contributed by atoms with Crippen LogP contribution in [-0.2, 0) is 19.6 Å². The highest BCUT2D eigenvalue weighted by Gasteiger charge is 2.35. The third kappa shape index (κ3) is 2.21. The van der Waals surface area contributed by atoms with Gasteiger partial charge in [-0.15, -0.1) is 0 Å². The second-order valence-electron chi connectivity index (χ2n) is 2.70. The third-order valence-corrected chi connectivity index (χ3v) is 1.58. The Bertz CT molecular complexity index is 290. The maximum absolute atomic E-state index is 12.2. The number of alkyl halides is 3. The van der Waals surface area contributed by atoms with E-state index in [0.717, 1.165) is 4.57 Å². The first-order valence-corrected chi connectivity index (χ1v) is 3.74. The zero-order chi connectivity index (χ0) is 10.1. The number of aromatic nitrogens is 2. The maximum atomic E-state index is 12.2. The van der Waals surface area contributed by atoms with Crippen LogP contribution in [0.5, 0.6) is 0 Å². The maximum Gasteiger partial charge on any atom is 0.449 e. The fourth-order valence-electron chi connectivity index (χ4n) is 1.06. The van der Waals surface area contributed by atoms with Crippen molar-refractivity contribution in [1.29, 1.82) is 0 Å². The van der Waals surface area contributed by atoms with Gasteiger partial charge in [0.2, 0.25) is 5.82 Å². The molecule has 3 nitrogen and oxygen atoms in total. The predicted octanol–water partition coefficient (Wildman–Crippen LogP) is 0.940. The molecule has 0 aliphatic heterocycles. The summed E-state index contributed by atoms with van der Waals surface area (Å²) in [5.74, 6) is -0.879. The molecule has 0 spiro atoms. The molecule has 1 aromatic rings. The third-order valence-electron chi connectivity index (χ3n) is 1.58. The molecule has 0 amide bonds. The summed E-state index contributed by atoms with van der Waals surface area (Å²) in [4.78, 5) is 3.43. The van der Waals surface area contributed by atoms with Crippen LogP contribution >= 0.6 is 0 Å². The van der Waals surface area contributed by atoms with Crippen LogP contribution in [0.1, 0.15) is 11.5 Å². The van der Waals surface area contributed by atoms with Gasteiger partial charge in [-0.05, 0) is 6.54 Å². The van der Waals surface area contributed by atoms with Gasteiger partial charge >= 0.3 is 6.18 Å². The topological polar surface area (TPSA) is 43.8 Å². The second-order valence-corrected chi connectivity index (χ2v) is 2.70. The Morgan fingerprint density at radius 2 is 2.15 bits per heavy atom. The van der Waals surface area contributed by atoms with Gasteiger partial charge in [0, 0.05) is 19.7 Å². The summed E-state index contributed by atoms with van der Waals surface area (Å²) in [6.07, 6.45) is -2.68. The van der Waals surface area contributed by atoms with Gasteiger partial charge in [-0.1, -0.05) is 0 Å². The Labute approximate surface area is 73.4 Å². The normalized spacial score (nSPS) is 12.1. The zero-order valence-electron chi connectivity index (χ0n) is 7.10. The molecule has 13 heavy (non-hydrogen) atoms. The van der Waals surface area contributed by atoms with Crippen LogP contribution in [0, 0.1) is 0 Å². The Morgan fingerprint density at radius 1 is 1.54 bits per heavy atom. The monoisotopic (exact) mass is 193 g/mol. The molecule has 0 unspecified atom stereocenters. The molecule has 0 aromatic carbocycles. The van der Waals surface area contributed by atoms with Crippen molar-refractivity contribution >= 4 is 0 Å². The number of imidazole rings is 1. The summed E-state index contributed by atoms with van der Waals surface area (Å²) in [5, 5.41) is 0. The molecule has 74 valence electrons. The Balaban J connectivity index is 2.96. The van der Waals surface area contributed by atoms with E-state index < -0.39 is 12.0 Å². The molecule has 0 saturated carbocycles. The molecule has 0 atom stereocenters. The lowest BCUT2D eigenvalue weighted by molar-refractivity contribution is -0.146. The van der Waals surface area contributed by atoms with Gasteiger partial charge in [-0.3, -0.25) is 0 Å². The van der Waals surface area contributed by atoms with Crippen molar-refractivity contribution in [2.45, 2.75) is 12.6 Å². The van der Waals surface area contributed by atoms with Crippen molar-refractivity contribution < 1.29 is 13.2 Å². The van der Waals surface area contributed by atoms with Crippen LogP contribution in [0.2, 0.25) is 0 Å². The summed E-state index contributed by atoms with van der Waals surface area (Å²) in [5.41, 5.74) is 5.57. The number of aryl methyl sites for hydroxylation is 1. The van der Waals surface area contributed by atoms with Crippen molar-refractivity contribution in [1.82, 2.24) is 9.55 Å². The minimum atomic E-state index is -4.39. The van der Waals surface area contributed by atoms with E-state index in [1.54, 1.807) is 0 Å². The highest BCUT2D eigenvalue weighted by molar-refractivity contribution is 5.06. The summed E-state index contributed by atoms with van der Waals surface area (Å²) < 4.78 is 37.5. The molecule has 2 N–H and O–H groups in total. The summed E-state index contributed by atoms with van der Waals surface area (Å²) in [6, 6.07) is 0. The molecular weight excluding hydrogens is 183 g/mol. The van der Waals surface area contributed by atoms with Crippen molar-refractivity contribution in [3.05, 3.63) is 17.7 Å². The van der Waals surface area contributed by atoms with E-state index in [0.29, 0.717) is 18.7 Å². The molecule has 0 saturated heterocycles. The van der Waals surface area contributed by atoms with E-state index in [9.17, 15) is 13.2 Å². The van der Waals surface area contributed by atoms with E-state index in [-0.39, 0.29) is 0 Å². The van der Waals surface area contributed by atoms with Crippen LogP contribution in [0.25, 0.3) is 0 Å². The second kappa shape index (κ2) is 3.37. The molecule has 0 fully saturated rings. The number of nitrogens with zero attached hydrogens (tertiary/aromatic N) is 2. The van der Waals surface area contributed by atoms with E-state index >= 15 is 0 Å². The zero-order valence-corrected chi connectivity index (χ0v) is 7.10. The molecule has 0 radical (unpaired) electrons. The minimum absolute atomic E-state index is 0.300. The first kappa shape index (κ1) is 10.0. The van der Waals surface area contributed by atoms with Crippen LogP contribution in [0.15, 0.2) is 6.20 Å². The average molecular weight is 193 g/mol. The van der Waals surface area contributed by atoms with E-state index in [4.69, 9.17) is 5.73 Å². The van der Waals surface area contributed by atoms with Crippen molar-refractivity contribution in [2.75, 3.05) is 6.54 Å². The molecule has 6 heteroatoms. The highest BCUT2D eigenvalue weighted by Crippen LogP contribution is 2.27. The van der Waals surface area contributed by atoms with E-state index in [1.807, 2.05) is 0 Å². The number of rotatable bonds is 2. The van der Waals surface area contributed by atoms with Crippen LogP contribution in [0.3, 0.4) is 0 Å². The van der Waals surface area contributed by atoms with Gasteiger partial charge in [-0.2, -0.15) is 13.2 Å². The van der Waals surface area contributed by atoms with Gasteiger partial charge in [0.1, 0.15) is 0 Å². The van der Waals surface area contributed by atoms with Crippen LogP contribution in [0.4, 0.5) is 13.2 Å². The molecular formula is C7H10F3N3. The molecule has 0 bridgehead atoms. The molecule has 0 aliphatic rings. The molecule has 1 aromatic heterocycles. The van der Waals surface area contributed by atoms with Crippen molar-refractivity contribution in [3.8, 4) is 0 Å². The Morgan fingerprint density at radius 3 is 2.54 bits per heavy atom. The Kier molecular flexibility index (Phi) is 2.60. The first-order valence-electron chi connectivity index (χ1n) is 3.74. The number of halogens is 3. The highest BCUT2D eigenvalue weighted by atomic mass is 19.4. The van der Waals surface area contributed by atoms with Gasteiger partial charge in [-0.25, -0.2) is 4.98 Å². The summed E-state index contributed by atoms with van der Waals surface area (Å²) in [7, 11) is 1.32. The largest absolute Gasteiger partial charge is 0.449 e. The smallest absolute Gasteiger partial charge is 0.330 e. The first-order chi connectivity index (χ1) is 5.95. The summed E-state index contributed by atoms with van der Waals surface area (Å²) in [6.45, 7) is 0.300. The SMILES string of the molecule is Cn1cc(CCN)nc1C(F)(F)F. The van der Waals surface area contributed by atoms with Gasteiger partial charge < -0.3 is 10.3 Å². The lowest BCUT2D eigenvalue weighted by Crippen LogP contribution is -2.12. The van der Waals surface area contributed by atoms with Crippen molar-refractivity contribution in [3.63, 3.8) is 0 Å².